The molecule has 2 aromatic heterocycles. The Morgan fingerprint density at radius 2 is 1.76 bits per heavy atom. The summed E-state index contributed by atoms with van der Waals surface area (Å²) in [5, 5.41) is 15.6. The lowest BCUT2D eigenvalue weighted by atomic mass is 9.59. The topological polar surface area (TPSA) is 180 Å². The zero-order valence-electron chi connectivity index (χ0n) is 41.4. The van der Waals surface area contributed by atoms with Crippen molar-refractivity contribution in [2.45, 2.75) is 87.5 Å². The Hall–Kier alpha value is -6.98. The van der Waals surface area contributed by atoms with Crippen LogP contribution in [0.3, 0.4) is 0 Å². The first-order chi connectivity index (χ1) is 35.6. The molecule has 3 saturated heterocycles. The maximum Gasteiger partial charge on any atom is 0.293 e. The summed E-state index contributed by atoms with van der Waals surface area (Å²) in [5.41, 5.74) is 2.57. The zero-order valence-corrected chi connectivity index (χ0v) is 42.2. The van der Waals surface area contributed by atoms with Crippen molar-refractivity contribution in [2.75, 3.05) is 62.7 Å². The zero-order chi connectivity index (χ0) is 51.8. The van der Waals surface area contributed by atoms with Crippen LogP contribution in [-0.2, 0) is 21.3 Å². The second-order valence-corrected chi connectivity index (χ2v) is 22.3. The van der Waals surface area contributed by atoms with E-state index in [1.807, 2.05) is 21.8 Å². The van der Waals surface area contributed by atoms with Crippen LogP contribution in [0.25, 0.3) is 15.9 Å². The van der Waals surface area contributed by atoms with Crippen molar-refractivity contribution >= 4 is 49.7 Å². The van der Waals surface area contributed by atoms with Crippen molar-refractivity contribution in [3.63, 3.8) is 0 Å². The number of rotatable bonds is 15. The van der Waals surface area contributed by atoms with Crippen LogP contribution >= 0.6 is 0 Å². The average Bonchev–Trinajstić information content (AvgIpc) is 3.86. The number of nitrogens with one attached hydrogen (secondary N) is 3. The molecule has 1 aliphatic carbocycles. The Balaban J connectivity index is 0.852. The van der Waals surface area contributed by atoms with E-state index in [1.165, 1.54) is 29.0 Å². The summed E-state index contributed by atoms with van der Waals surface area (Å²) >= 11 is 0. The first-order valence-corrected chi connectivity index (χ1v) is 26.7. The van der Waals surface area contributed by atoms with Gasteiger partial charge in [0.2, 0.25) is 0 Å². The summed E-state index contributed by atoms with van der Waals surface area (Å²) in [6, 6.07) is 26.1. The van der Waals surface area contributed by atoms with Crippen LogP contribution in [-0.4, -0.2) is 103 Å². The summed E-state index contributed by atoms with van der Waals surface area (Å²) in [6.45, 7) is 16.6. The van der Waals surface area contributed by atoms with Gasteiger partial charge >= 0.3 is 0 Å². The van der Waals surface area contributed by atoms with Crippen LogP contribution in [0, 0.1) is 27.9 Å². The SMILES string of the molecule is [C-]#[N+]c1ccc(CN2CCN(C3CC4(CCN(c5cc(Oc6cnc7[nH]ccc7c6)c(C(=O)NS(=O)(=O)c6ccc(NCC7(F)CCOCC7)c([N+](=O)[O-])c6)cc5F)CC4)C3)[C@H](c3ccccc3C(C)C)C2)cc1. The van der Waals surface area contributed by atoms with E-state index >= 15 is 8.78 Å². The number of carbonyl (C=O) groups is 1. The van der Waals surface area contributed by atoms with Crippen molar-refractivity contribution in [3.05, 3.63) is 153 Å². The van der Waals surface area contributed by atoms with Crippen molar-refractivity contribution in [1.29, 1.82) is 0 Å². The number of pyridine rings is 1. The third-order valence-corrected chi connectivity index (χ3v) is 16.8. The highest BCUT2D eigenvalue weighted by Gasteiger charge is 2.50. The minimum atomic E-state index is -4.79. The molecule has 4 aromatic carbocycles. The Morgan fingerprint density at radius 3 is 2.49 bits per heavy atom. The number of halogens is 2. The molecule has 1 amide bonds. The fraction of sp³-hybridized carbons (Fsp3) is 0.400. The van der Waals surface area contributed by atoms with Gasteiger partial charge in [-0.05, 0) is 84.0 Å². The van der Waals surface area contributed by atoms with Crippen LogP contribution in [0.4, 0.5) is 31.5 Å². The number of piperidine rings is 1. The van der Waals surface area contributed by atoms with Gasteiger partial charge in [-0.1, -0.05) is 62.4 Å². The Morgan fingerprint density at radius 1 is 1.00 bits per heavy atom. The number of anilines is 2. The van der Waals surface area contributed by atoms with Gasteiger partial charge in [-0.15, -0.1) is 0 Å². The third-order valence-electron chi connectivity index (χ3n) is 15.5. The number of piperazine rings is 1. The van der Waals surface area contributed by atoms with E-state index in [4.69, 9.17) is 16.0 Å². The second-order valence-electron chi connectivity index (χ2n) is 20.6. The van der Waals surface area contributed by atoms with E-state index in [1.54, 1.807) is 18.3 Å². The minimum absolute atomic E-state index is 0.0796. The van der Waals surface area contributed by atoms with E-state index in [9.17, 15) is 23.3 Å². The van der Waals surface area contributed by atoms with E-state index in [-0.39, 0.29) is 66.9 Å². The number of nitro benzene ring substituents is 1. The monoisotopic (exact) mass is 1030 g/mol. The quantitative estimate of drug-likeness (QED) is 0.0504. The minimum Gasteiger partial charge on any atom is -0.455 e. The molecule has 1 atom stereocenters. The van der Waals surface area contributed by atoms with Crippen molar-refractivity contribution in [2.24, 2.45) is 5.41 Å². The van der Waals surface area contributed by atoms with Gasteiger partial charge in [-0.2, -0.15) is 0 Å². The van der Waals surface area contributed by atoms with Crippen molar-refractivity contribution < 1.29 is 36.4 Å². The van der Waals surface area contributed by atoms with E-state index < -0.39 is 48.5 Å². The van der Waals surface area contributed by atoms with Crippen LogP contribution in [0.15, 0.2) is 108 Å². The van der Waals surface area contributed by atoms with E-state index in [0.29, 0.717) is 41.8 Å². The molecule has 10 rings (SSSR count). The molecule has 74 heavy (non-hydrogen) atoms. The third kappa shape index (κ3) is 10.7. The summed E-state index contributed by atoms with van der Waals surface area (Å²) < 4.78 is 72.9. The van der Waals surface area contributed by atoms with Gasteiger partial charge in [0, 0.05) is 108 Å². The first-order valence-electron chi connectivity index (χ1n) is 25.2. The normalized spacial score (nSPS) is 19.2. The highest BCUT2D eigenvalue weighted by Crippen LogP contribution is 2.54. The number of nitro groups is 1. The molecule has 386 valence electrons. The van der Waals surface area contributed by atoms with Gasteiger partial charge in [0.15, 0.2) is 5.69 Å². The summed E-state index contributed by atoms with van der Waals surface area (Å²) in [6.07, 6.45) is 7.02. The number of alkyl halides is 1. The van der Waals surface area contributed by atoms with Crippen LogP contribution < -0.4 is 19.7 Å². The van der Waals surface area contributed by atoms with Crippen molar-refractivity contribution in [1.82, 2.24) is 24.5 Å². The van der Waals surface area contributed by atoms with Crippen molar-refractivity contribution in [3.8, 4) is 11.5 Å². The lowest BCUT2D eigenvalue weighted by Gasteiger charge is -2.58. The Bertz CT molecular complexity index is 3220. The van der Waals surface area contributed by atoms with Crippen LogP contribution in [0.1, 0.15) is 91.4 Å². The predicted octanol–water partition coefficient (Wildman–Crippen LogP) is 10.4. The largest absolute Gasteiger partial charge is 0.455 e. The number of hydrogen-bond acceptors (Lipinski definition) is 12. The number of H-pyrrole nitrogens is 1. The molecule has 1 spiro atoms. The molecular weight excluding hydrogens is 969 g/mol. The van der Waals surface area contributed by atoms with Crippen LogP contribution in [0.5, 0.6) is 11.5 Å². The highest BCUT2D eigenvalue weighted by atomic mass is 32.2. The first kappa shape index (κ1) is 50.5. The molecule has 0 unspecified atom stereocenters. The molecule has 5 heterocycles. The second kappa shape index (κ2) is 20.7. The van der Waals surface area contributed by atoms with Gasteiger partial charge in [0.05, 0.1) is 33.8 Å². The molecule has 3 aliphatic heterocycles. The van der Waals surface area contributed by atoms with Gasteiger partial charge in [0.1, 0.15) is 34.3 Å². The van der Waals surface area contributed by atoms with E-state index in [2.05, 4.69) is 80.2 Å². The number of nitrogens with zero attached hydrogens (tertiary/aromatic N) is 6. The molecule has 16 nitrogen and oxygen atoms in total. The van der Waals surface area contributed by atoms with Gasteiger partial charge in [-0.3, -0.25) is 24.7 Å². The fourth-order valence-electron chi connectivity index (χ4n) is 11.3. The Kier molecular flexibility index (Phi) is 14.2. The molecule has 3 N–H and O–H groups in total. The number of sulfonamides is 1. The number of aromatic amines is 1. The lowest BCUT2D eigenvalue weighted by molar-refractivity contribution is -0.384. The molecule has 1 saturated carbocycles. The predicted molar refractivity (Wildman–Crippen MR) is 278 cm³/mol. The average molecular weight is 1030 g/mol. The molecule has 0 bridgehead atoms. The number of ether oxygens (including phenoxy) is 2. The molecule has 4 fully saturated rings. The number of hydrogen-bond donors (Lipinski definition) is 3. The summed E-state index contributed by atoms with van der Waals surface area (Å²) in [7, 11) is -4.79. The molecule has 6 aromatic rings. The number of fused-ring (bicyclic) bond motifs is 1. The smallest absolute Gasteiger partial charge is 0.293 e. The van der Waals surface area contributed by atoms with Gasteiger partial charge in [-0.25, -0.2) is 31.7 Å². The van der Waals surface area contributed by atoms with Crippen LogP contribution in [0.2, 0.25) is 0 Å². The molecular formula is C55H59F2N9O7S. The summed E-state index contributed by atoms with van der Waals surface area (Å²) in [5.74, 6) is -1.53. The molecule has 4 aliphatic rings. The molecule has 19 heteroatoms. The van der Waals surface area contributed by atoms with Gasteiger partial charge in [0.25, 0.3) is 21.6 Å². The van der Waals surface area contributed by atoms with E-state index in [0.717, 1.165) is 76.1 Å². The Labute approximate surface area is 429 Å². The fourth-order valence-corrected chi connectivity index (χ4v) is 12.3. The highest BCUT2D eigenvalue weighted by molar-refractivity contribution is 7.90. The number of amides is 1. The maximum atomic E-state index is 16.6. The molecule has 0 radical (unpaired) electrons. The summed E-state index contributed by atoms with van der Waals surface area (Å²) in [4.78, 5) is 42.9. The number of aromatic nitrogens is 2. The standard InChI is InChI=1S/C55H59F2N9O7S/c1-36(2)43-6-4-5-7-44(43)50-34-63(33-37-8-10-39(58-3)11-9-37)22-23-65(50)40-30-54(31-40)15-20-64(21-16-54)48-29-51(73-41-26-38-14-19-59-52(38)60-32-41)45(28-46(48)56)53(67)62-74(70,71)42-12-13-47(49(27-42)66(68)69)61-35-55(57)17-24-72-25-18-55/h4-14,19,26-29,32,36,40,50,61H,15-18,20-25,30-31,33-35H2,1-2H3,(H,59,60)(H,62,67)/t50-/m0/s1. The lowest BCUT2D eigenvalue weighted by Crippen LogP contribution is -2.60. The maximum absolute atomic E-state index is 16.6. The number of carbonyl (C=O) groups excluding carboxylic acids is 1. The van der Waals surface area contributed by atoms with Gasteiger partial charge < -0.3 is 24.7 Å². The number of benzene rings is 4.